The Labute approximate surface area is 126 Å². The standard InChI is InChI=1S/C16H25N3O2/c1-4-13-8-5-6-9-14(13)18-16(21)12-15(20)17-10-7-11-19(2)3/h5-6,8-9H,4,7,10-12H2,1-3H3,(H,17,20)(H,18,21). The Kier molecular flexibility index (Phi) is 7.46. The van der Waals surface area contributed by atoms with E-state index in [1.165, 1.54) is 0 Å². The van der Waals surface area contributed by atoms with Gasteiger partial charge in [-0.1, -0.05) is 25.1 Å². The van der Waals surface area contributed by atoms with Gasteiger partial charge in [0.25, 0.3) is 0 Å². The van der Waals surface area contributed by atoms with Gasteiger partial charge in [-0.15, -0.1) is 0 Å². The van der Waals surface area contributed by atoms with Crippen LogP contribution in [0, 0.1) is 0 Å². The molecule has 0 spiro atoms. The minimum Gasteiger partial charge on any atom is -0.356 e. The van der Waals surface area contributed by atoms with E-state index < -0.39 is 0 Å². The molecule has 0 unspecified atom stereocenters. The number of benzene rings is 1. The molecule has 0 atom stereocenters. The summed E-state index contributed by atoms with van der Waals surface area (Å²) in [5, 5.41) is 5.55. The Morgan fingerprint density at radius 1 is 1.14 bits per heavy atom. The van der Waals surface area contributed by atoms with Crippen LogP contribution < -0.4 is 10.6 Å². The van der Waals surface area contributed by atoms with E-state index in [0.717, 1.165) is 30.6 Å². The third kappa shape index (κ3) is 6.90. The van der Waals surface area contributed by atoms with Gasteiger partial charge in [0.15, 0.2) is 0 Å². The van der Waals surface area contributed by atoms with E-state index in [1.807, 2.05) is 45.3 Å². The minimum absolute atomic E-state index is 0.139. The number of rotatable bonds is 8. The summed E-state index contributed by atoms with van der Waals surface area (Å²) < 4.78 is 0. The van der Waals surface area contributed by atoms with Gasteiger partial charge in [-0.25, -0.2) is 0 Å². The van der Waals surface area contributed by atoms with E-state index in [2.05, 4.69) is 15.5 Å². The minimum atomic E-state index is -0.277. The molecular weight excluding hydrogens is 266 g/mol. The maximum Gasteiger partial charge on any atom is 0.233 e. The summed E-state index contributed by atoms with van der Waals surface area (Å²) in [7, 11) is 3.97. The highest BCUT2D eigenvalue weighted by Gasteiger charge is 2.10. The molecule has 0 aromatic heterocycles. The third-order valence-electron chi connectivity index (χ3n) is 3.10. The van der Waals surface area contributed by atoms with Crippen molar-refractivity contribution in [2.45, 2.75) is 26.2 Å². The van der Waals surface area contributed by atoms with Crippen LogP contribution in [0.5, 0.6) is 0 Å². The first kappa shape index (κ1) is 17.2. The molecule has 2 amide bonds. The highest BCUT2D eigenvalue weighted by atomic mass is 16.2. The van der Waals surface area contributed by atoms with Crippen LogP contribution in [0.15, 0.2) is 24.3 Å². The molecule has 0 radical (unpaired) electrons. The van der Waals surface area contributed by atoms with Crippen LogP contribution in [0.4, 0.5) is 5.69 Å². The molecule has 0 aliphatic carbocycles. The van der Waals surface area contributed by atoms with E-state index in [-0.39, 0.29) is 18.2 Å². The molecule has 0 bridgehead atoms. The summed E-state index contributed by atoms with van der Waals surface area (Å²) >= 11 is 0. The van der Waals surface area contributed by atoms with Gasteiger partial charge in [0.05, 0.1) is 0 Å². The van der Waals surface area contributed by atoms with Gasteiger partial charge < -0.3 is 15.5 Å². The summed E-state index contributed by atoms with van der Waals surface area (Å²) in [4.78, 5) is 25.6. The van der Waals surface area contributed by atoms with Crippen LogP contribution in [0.3, 0.4) is 0 Å². The van der Waals surface area contributed by atoms with Crippen molar-refractivity contribution < 1.29 is 9.59 Å². The van der Waals surface area contributed by atoms with Crippen molar-refractivity contribution in [3.05, 3.63) is 29.8 Å². The summed E-state index contributed by atoms with van der Waals surface area (Å²) in [6, 6.07) is 7.63. The largest absolute Gasteiger partial charge is 0.356 e. The average molecular weight is 291 g/mol. The average Bonchev–Trinajstić information content (AvgIpc) is 2.44. The number of aryl methyl sites for hydroxylation is 1. The molecule has 0 aliphatic heterocycles. The zero-order valence-electron chi connectivity index (χ0n) is 13.1. The van der Waals surface area contributed by atoms with Gasteiger partial charge in [0, 0.05) is 12.2 Å². The number of amides is 2. The van der Waals surface area contributed by atoms with Gasteiger partial charge in [0.1, 0.15) is 6.42 Å². The second kappa shape index (κ2) is 9.13. The van der Waals surface area contributed by atoms with Crippen molar-refractivity contribution in [3.8, 4) is 0 Å². The quantitative estimate of drug-likeness (QED) is 0.565. The van der Waals surface area contributed by atoms with Gasteiger partial charge in [0.2, 0.25) is 11.8 Å². The lowest BCUT2D eigenvalue weighted by Crippen LogP contribution is -2.30. The summed E-state index contributed by atoms with van der Waals surface area (Å²) in [5.41, 5.74) is 1.85. The monoisotopic (exact) mass is 291 g/mol. The molecule has 21 heavy (non-hydrogen) atoms. The van der Waals surface area contributed by atoms with E-state index in [4.69, 9.17) is 0 Å². The summed E-state index contributed by atoms with van der Waals surface area (Å²) in [6.45, 7) is 3.54. The van der Waals surface area contributed by atoms with Crippen molar-refractivity contribution >= 4 is 17.5 Å². The van der Waals surface area contributed by atoms with Gasteiger partial charge in [-0.2, -0.15) is 0 Å². The molecule has 2 N–H and O–H groups in total. The SMILES string of the molecule is CCc1ccccc1NC(=O)CC(=O)NCCCN(C)C. The number of hydrogen-bond donors (Lipinski definition) is 2. The first-order valence-corrected chi connectivity index (χ1v) is 7.32. The van der Waals surface area contributed by atoms with Crippen molar-refractivity contribution in [2.75, 3.05) is 32.5 Å². The van der Waals surface area contributed by atoms with Gasteiger partial charge >= 0.3 is 0 Å². The van der Waals surface area contributed by atoms with Crippen molar-refractivity contribution in [1.82, 2.24) is 10.2 Å². The van der Waals surface area contributed by atoms with Crippen LogP contribution in [0.1, 0.15) is 25.3 Å². The molecule has 1 aromatic rings. The van der Waals surface area contributed by atoms with Crippen molar-refractivity contribution in [1.29, 1.82) is 0 Å². The lowest BCUT2D eigenvalue weighted by molar-refractivity contribution is -0.126. The fraction of sp³-hybridized carbons (Fsp3) is 0.500. The lowest BCUT2D eigenvalue weighted by atomic mass is 10.1. The van der Waals surface area contributed by atoms with Crippen LogP contribution in [-0.4, -0.2) is 43.9 Å². The second-order valence-electron chi connectivity index (χ2n) is 5.24. The molecule has 0 heterocycles. The number of nitrogens with zero attached hydrogens (tertiary/aromatic N) is 1. The zero-order chi connectivity index (χ0) is 15.7. The molecule has 0 saturated heterocycles. The maximum absolute atomic E-state index is 11.9. The predicted octanol–water partition coefficient (Wildman–Crippen LogP) is 1.65. The van der Waals surface area contributed by atoms with Gasteiger partial charge in [-0.05, 0) is 45.1 Å². The van der Waals surface area contributed by atoms with Crippen LogP contribution in [0.25, 0.3) is 0 Å². The number of nitrogens with one attached hydrogen (secondary N) is 2. The molecule has 116 valence electrons. The van der Waals surface area contributed by atoms with E-state index >= 15 is 0 Å². The molecule has 0 saturated carbocycles. The maximum atomic E-state index is 11.9. The van der Waals surface area contributed by atoms with E-state index in [0.29, 0.717) is 6.54 Å². The Morgan fingerprint density at radius 2 is 1.86 bits per heavy atom. The molecular formula is C16H25N3O2. The second-order valence-corrected chi connectivity index (χ2v) is 5.24. The predicted molar refractivity (Wildman–Crippen MR) is 85.2 cm³/mol. The molecule has 0 aliphatic rings. The Hall–Kier alpha value is -1.88. The fourth-order valence-electron chi connectivity index (χ4n) is 1.98. The molecule has 5 heteroatoms. The first-order chi connectivity index (χ1) is 10.0. The van der Waals surface area contributed by atoms with Crippen molar-refractivity contribution in [2.24, 2.45) is 0 Å². The number of anilines is 1. The van der Waals surface area contributed by atoms with Crippen LogP contribution >= 0.6 is 0 Å². The first-order valence-electron chi connectivity index (χ1n) is 7.32. The molecule has 1 rings (SSSR count). The Balaban J connectivity index is 2.34. The smallest absolute Gasteiger partial charge is 0.233 e. The highest BCUT2D eigenvalue weighted by molar-refractivity contribution is 6.03. The number of carbonyl (C=O) groups is 2. The zero-order valence-corrected chi connectivity index (χ0v) is 13.1. The lowest BCUT2D eigenvalue weighted by Gasteiger charge is -2.11. The van der Waals surface area contributed by atoms with Crippen molar-refractivity contribution in [3.63, 3.8) is 0 Å². The number of carbonyl (C=O) groups excluding carboxylic acids is 2. The number of para-hydroxylation sites is 1. The molecule has 1 aromatic carbocycles. The molecule has 0 fully saturated rings. The van der Waals surface area contributed by atoms with Crippen LogP contribution in [-0.2, 0) is 16.0 Å². The topological polar surface area (TPSA) is 61.4 Å². The summed E-state index contributed by atoms with van der Waals surface area (Å²) in [5.74, 6) is -0.513. The van der Waals surface area contributed by atoms with Gasteiger partial charge in [-0.3, -0.25) is 9.59 Å². The normalized spacial score (nSPS) is 10.5. The molecule has 5 nitrogen and oxygen atoms in total. The number of hydrogen-bond acceptors (Lipinski definition) is 3. The third-order valence-corrected chi connectivity index (χ3v) is 3.10. The van der Waals surface area contributed by atoms with E-state index in [9.17, 15) is 9.59 Å². The fourth-order valence-corrected chi connectivity index (χ4v) is 1.98. The summed E-state index contributed by atoms with van der Waals surface area (Å²) in [6.07, 6.45) is 1.58. The Morgan fingerprint density at radius 3 is 2.52 bits per heavy atom. The Bertz CT molecular complexity index is 472. The van der Waals surface area contributed by atoms with Crippen LogP contribution in [0.2, 0.25) is 0 Å². The highest BCUT2D eigenvalue weighted by Crippen LogP contribution is 2.15. The van der Waals surface area contributed by atoms with E-state index in [1.54, 1.807) is 0 Å².